The fourth-order valence-corrected chi connectivity index (χ4v) is 6.02. The Morgan fingerprint density at radius 3 is 2.56 bits per heavy atom. The van der Waals surface area contributed by atoms with Crippen molar-refractivity contribution >= 4 is 22.7 Å². The Morgan fingerprint density at radius 1 is 0.976 bits per heavy atom. The largest absolute Gasteiger partial charge is 0.365 e. The molecule has 4 aromatic rings. The number of urea groups is 1. The number of hydrogen-bond donors (Lipinski definition) is 1. The molecule has 1 unspecified atom stereocenters. The monoisotopic (exact) mass is 542 g/mol. The molecule has 3 amide bonds. The van der Waals surface area contributed by atoms with Crippen LogP contribution in [0.4, 0.5) is 4.79 Å². The van der Waals surface area contributed by atoms with Crippen LogP contribution in [0.5, 0.6) is 0 Å². The van der Waals surface area contributed by atoms with E-state index in [1.165, 1.54) is 16.3 Å². The summed E-state index contributed by atoms with van der Waals surface area (Å²) in [6.07, 6.45) is 0.521. The van der Waals surface area contributed by atoms with Gasteiger partial charge in [-0.1, -0.05) is 91.5 Å². The molecule has 41 heavy (non-hydrogen) atoms. The average Bonchev–Trinajstić information content (AvgIpc) is 2.99. The molecule has 2 aliphatic rings. The van der Waals surface area contributed by atoms with Crippen molar-refractivity contribution in [3.8, 4) is 0 Å². The highest BCUT2D eigenvalue weighted by atomic mass is 16.2. The highest BCUT2D eigenvalue weighted by Gasteiger charge is 2.46. The van der Waals surface area contributed by atoms with Crippen molar-refractivity contribution in [1.29, 1.82) is 0 Å². The first kappa shape index (κ1) is 26.5. The van der Waals surface area contributed by atoms with E-state index in [2.05, 4.69) is 83.5 Å². The Hall–Kier alpha value is -4.76. The van der Waals surface area contributed by atoms with E-state index in [0.717, 1.165) is 22.4 Å². The molecule has 0 saturated carbocycles. The zero-order chi connectivity index (χ0) is 28.3. The number of piperazine rings is 1. The zero-order valence-electron chi connectivity index (χ0n) is 23.3. The summed E-state index contributed by atoms with van der Waals surface area (Å²) in [6.45, 7) is 8.37. The number of hydrogen-bond acceptors (Lipinski definition) is 3. The summed E-state index contributed by atoms with van der Waals surface area (Å²) in [6, 6.07) is 34.6. The number of carbonyl (C=O) groups excluding carboxylic acids is 2. The lowest BCUT2D eigenvalue weighted by molar-refractivity contribution is -0.149. The molecule has 6 nitrogen and oxygen atoms in total. The standard InChI is InChI=1S/C35H34N4O2/c1-25-15-17-28(18-16-25)22-36-35(41)38-20-19-34(40)39-32(21-27-9-4-3-5-10-27)26(2)37(24-33(38)39)23-30-13-8-12-29-11-6-7-14-31(29)30/h3-15,17,32-33H,2,19-24H2,1H3,(H,36,41)/t32-,33?/m0/s1. The minimum atomic E-state index is -0.404. The van der Waals surface area contributed by atoms with E-state index < -0.39 is 6.17 Å². The first-order valence-electron chi connectivity index (χ1n) is 14.2. The van der Waals surface area contributed by atoms with Crippen molar-refractivity contribution in [3.05, 3.63) is 132 Å². The molecular formula is C35H34N4O2. The van der Waals surface area contributed by atoms with Gasteiger partial charge in [0.15, 0.2) is 0 Å². The van der Waals surface area contributed by atoms with E-state index in [9.17, 15) is 9.59 Å². The Bertz CT molecular complexity index is 1560. The molecule has 2 atom stereocenters. The third-order valence-electron chi connectivity index (χ3n) is 8.20. The SMILES string of the molecule is C=C1[C@H](Cc2ccccc2)N2C(=O)CCN(C(=O)NCc3c#cc(C)cc3)C2CN1Cc1cccc2ccccc12. The van der Waals surface area contributed by atoms with Crippen LogP contribution in [-0.2, 0) is 24.3 Å². The number of fused-ring (bicyclic) bond motifs is 2. The van der Waals surface area contributed by atoms with Gasteiger partial charge < -0.3 is 20.0 Å². The Labute approximate surface area is 241 Å². The van der Waals surface area contributed by atoms with Crippen molar-refractivity contribution in [3.63, 3.8) is 0 Å². The van der Waals surface area contributed by atoms with Crippen LogP contribution in [0.1, 0.15) is 28.7 Å². The lowest BCUT2D eigenvalue weighted by atomic mass is 9.95. The second-order valence-corrected chi connectivity index (χ2v) is 10.9. The molecule has 0 aliphatic carbocycles. The third-order valence-corrected chi connectivity index (χ3v) is 8.20. The summed E-state index contributed by atoms with van der Waals surface area (Å²) in [4.78, 5) is 33.1. The molecule has 0 aromatic heterocycles. The fraction of sp³-hybridized carbons (Fsp3) is 0.257. The molecule has 2 saturated heterocycles. The van der Waals surface area contributed by atoms with Crippen molar-refractivity contribution in [2.75, 3.05) is 13.1 Å². The molecule has 0 radical (unpaired) electrons. The van der Waals surface area contributed by atoms with E-state index in [1.807, 2.05) is 47.1 Å². The number of benzene rings is 3. The van der Waals surface area contributed by atoms with Gasteiger partial charge in [0.2, 0.25) is 5.91 Å². The predicted octanol–water partition coefficient (Wildman–Crippen LogP) is 5.46. The number of rotatable bonds is 6. The van der Waals surface area contributed by atoms with E-state index in [-0.39, 0.29) is 24.4 Å². The minimum absolute atomic E-state index is 0.0624. The van der Waals surface area contributed by atoms with Gasteiger partial charge in [-0.15, -0.1) is 0 Å². The molecule has 0 spiro atoms. The fourth-order valence-electron chi connectivity index (χ4n) is 6.02. The molecule has 0 bridgehead atoms. The quantitative estimate of drug-likeness (QED) is 0.352. The lowest BCUT2D eigenvalue weighted by Gasteiger charge is -2.54. The van der Waals surface area contributed by atoms with Crippen molar-refractivity contribution in [2.24, 2.45) is 0 Å². The van der Waals surface area contributed by atoms with Gasteiger partial charge in [0.1, 0.15) is 6.17 Å². The Balaban J connectivity index is 1.30. The zero-order valence-corrected chi connectivity index (χ0v) is 23.3. The lowest BCUT2D eigenvalue weighted by Crippen LogP contribution is -2.69. The van der Waals surface area contributed by atoms with Crippen LogP contribution < -0.4 is 5.32 Å². The minimum Gasteiger partial charge on any atom is -0.365 e. The van der Waals surface area contributed by atoms with Crippen molar-refractivity contribution < 1.29 is 9.59 Å². The summed E-state index contributed by atoms with van der Waals surface area (Å²) in [5.41, 5.74) is 5.10. The van der Waals surface area contributed by atoms with Crippen LogP contribution in [0, 0.1) is 19.1 Å². The number of amides is 3. The first-order valence-corrected chi connectivity index (χ1v) is 14.2. The number of nitrogens with zero attached hydrogens (tertiary/aromatic N) is 3. The maximum Gasteiger partial charge on any atom is 0.319 e. The molecule has 2 aliphatic heterocycles. The van der Waals surface area contributed by atoms with Crippen molar-refractivity contribution in [2.45, 2.75) is 45.1 Å². The Kier molecular flexibility index (Phi) is 7.35. The van der Waals surface area contributed by atoms with Gasteiger partial charge in [-0.2, -0.15) is 0 Å². The molecule has 6 rings (SSSR count). The van der Waals surface area contributed by atoms with Crippen LogP contribution in [0.3, 0.4) is 0 Å². The molecular weight excluding hydrogens is 508 g/mol. The maximum atomic E-state index is 13.6. The Morgan fingerprint density at radius 2 is 1.76 bits per heavy atom. The van der Waals surface area contributed by atoms with E-state index in [4.69, 9.17) is 0 Å². The second kappa shape index (κ2) is 11.4. The van der Waals surface area contributed by atoms with Gasteiger partial charge in [-0.05, 0) is 52.9 Å². The molecule has 206 valence electrons. The van der Waals surface area contributed by atoms with Gasteiger partial charge in [0, 0.05) is 30.8 Å². The average molecular weight is 543 g/mol. The van der Waals surface area contributed by atoms with Gasteiger partial charge in [-0.3, -0.25) is 4.79 Å². The van der Waals surface area contributed by atoms with E-state index in [0.29, 0.717) is 32.6 Å². The summed E-state index contributed by atoms with van der Waals surface area (Å²) >= 11 is 0. The summed E-state index contributed by atoms with van der Waals surface area (Å²) < 4.78 is 0. The highest BCUT2D eigenvalue weighted by molar-refractivity contribution is 5.86. The first-order chi connectivity index (χ1) is 20.0. The highest BCUT2D eigenvalue weighted by Crippen LogP contribution is 2.33. The molecule has 2 fully saturated rings. The molecule has 6 heteroatoms. The predicted molar refractivity (Wildman–Crippen MR) is 160 cm³/mol. The van der Waals surface area contributed by atoms with Crippen LogP contribution >= 0.6 is 0 Å². The maximum absolute atomic E-state index is 13.6. The van der Waals surface area contributed by atoms with Crippen molar-refractivity contribution in [1.82, 2.24) is 20.0 Å². The number of nitrogens with one attached hydrogen (secondary N) is 1. The summed E-state index contributed by atoms with van der Waals surface area (Å²) in [5, 5.41) is 5.45. The summed E-state index contributed by atoms with van der Waals surface area (Å²) in [7, 11) is 0. The van der Waals surface area contributed by atoms with Crippen LogP contribution in [0.2, 0.25) is 0 Å². The van der Waals surface area contributed by atoms with Gasteiger partial charge in [-0.25, -0.2) is 4.79 Å². The van der Waals surface area contributed by atoms with Gasteiger partial charge >= 0.3 is 6.03 Å². The van der Waals surface area contributed by atoms with Crippen LogP contribution in [0.25, 0.3) is 10.8 Å². The van der Waals surface area contributed by atoms with E-state index in [1.54, 1.807) is 0 Å². The second-order valence-electron chi connectivity index (χ2n) is 10.9. The van der Waals surface area contributed by atoms with Crippen LogP contribution in [-0.4, -0.2) is 51.9 Å². The third kappa shape index (κ3) is 5.49. The number of carbonyl (C=O) groups is 2. The summed E-state index contributed by atoms with van der Waals surface area (Å²) in [5.74, 6) is 0.0624. The van der Waals surface area contributed by atoms with Crippen LogP contribution in [0.15, 0.2) is 97.2 Å². The smallest absolute Gasteiger partial charge is 0.319 e. The molecule has 4 aromatic carbocycles. The van der Waals surface area contributed by atoms with Gasteiger partial charge in [0.25, 0.3) is 0 Å². The topological polar surface area (TPSA) is 55.9 Å². The molecule has 1 N–H and O–H groups in total. The number of aryl methyl sites for hydroxylation is 1. The molecule has 2 heterocycles. The normalized spacial score (nSPS) is 18.7. The van der Waals surface area contributed by atoms with E-state index >= 15 is 0 Å². The van der Waals surface area contributed by atoms with Gasteiger partial charge in [0.05, 0.1) is 19.1 Å².